The maximum atomic E-state index is 11.1. The van der Waals surface area contributed by atoms with Crippen LogP contribution in [0.3, 0.4) is 0 Å². The monoisotopic (exact) mass is 240 g/mol. The number of esters is 1. The molecule has 84 valence electrons. The van der Waals surface area contributed by atoms with Crippen LogP contribution in [0.5, 0.6) is 0 Å². The average Bonchev–Trinajstić information content (AvgIpc) is 2.61. The van der Waals surface area contributed by atoms with Crippen LogP contribution in [0.1, 0.15) is 18.1 Å². The molecule has 1 fully saturated rings. The number of halogens is 1. The van der Waals surface area contributed by atoms with Crippen LogP contribution >= 0.6 is 11.6 Å². The summed E-state index contributed by atoms with van der Waals surface area (Å²) in [4.78, 5) is 22.0. The molecule has 5 heteroatoms. The highest BCUT2D eigenvalue weighted by Crippen LogP contribution is 2.35. The summed E-state index contributed by atoms with van der Waals surface area (Å²) >= 11 is 5.72. The van der Waals surface area contributed by atoms with Crippen molar-refractivity contribution in [2.75, 3.05) is 0 Å². The standard InChI is InChI=1S/C11H9ClO4/c12-7-3-1-6(2-4-7)10-8(11(14)15)5-9(13)16-10/h1-4,8,10H,5H2,(H,14,15)/t8-,10+/m0/s1. The van der Waals surface area contributed by atoms with Gasteiger partial charge in [0.05, 0.1) is 6.42 Å². The molecule has 0 aromatic heterocycles. The van der Waals surface area contributed by atoms with Gasteiger partial charge < -0.3 is 9.84 Å². The van der Waals surface area contributed by atoms with E-state index in [0.717, 1.165) is 0 Å². The Bertz CT molecular complexity index is 426. The molecule has 0 radical (unpaired) electrons. The lowest BCUT2D eigenvalue weighted by atomic mass is 9.95. The molecule has 2 atom stereocenters. The van der Waals surface area contributed by atoms with E-state index in [4.69, 9.17) is 21.4 Å². The lowest BCUT2D eigenvalue weighted by Crippen LogP contribution is -2.17. The van der Waals surface area contributed by atoms with Crippen LogP contribution in [0.15, 0.2) is 24.3 Å². The van der Waals surface area contributed by atoms with Gasteiger partial charge in [-0.3, -0.25) is 9.59 Å². The summed E-state index contributed by atoms with van der Waals surface area (Å²) in [7, 11) is 0. The Hall–Kier alpha value is -1.55. The Balaban J connectivity index is 2.28. The summed E-state index contributed by atoms with van der Waals surface area (Å²) in [5.41, 5.74) is 0.655. The van der Waals surface area contributed by atoms with Crippen molar-refractivity contribution in [2.24, 2.45) is 5.92 Å². The predicted molar refractivity (Wildman–Crippen MR) is 56.0 cm³/mol. The summed E-state index contributed by atoms with van der Waals surface area (Å²) in [6.45, 7) is 0. The largest absolute Gasteiger partial charge is 0.481 e. The van der Waals surface area contributed by atoms with E-state index in [1.54, 1.807) is 24.3 Å². The van der Waals surface area contributed by atoms with Crippen LogP contribution in [0.2, 0.25) is 5.02 Å². The first-order valence-corrected chi connectivity index (χ1v) is 5.13. The molecule has 1 saturated heterocycles. The molecule has 1 N–H and O–H groups in total. The van der Waals surface area contributed by atoms with Gasteiger partial charge in [0.1, 0.15) is 12.0 Å². The molecule has 0 bridgehead atoms. The van der Waals surface area contributed by atoms with Gasteiger partial charge in [-0.15, -0.1) is 0 Å². The van der Waals surface area contributed by atoms with Gasteiger partial charge in [0, 0.05) is 5.02 Å². The van der Waals surface area contributed by atoms with Gasteiger partial charge in [-0.2, -0.15) is 0 Å². The van der Waals surface area contributed by atoms with Crippen molar-refractivity contribution in [3.05, 3.63) is 34.9 Å². The molecule has 16 heavy (non-hydrogen) atoms. The lowest BCUT2D eigenvalue weighted by molar-refractivity contribution is -0.144. The van der Waals surface area contributed by atoms with E-state index in [2.05, 4.69) is 0 Å². The van der Waals surface area contributed by atoms with Crippen molar-refractivity contribution in [1.29, 1.82) is 0 Å². The van der Waals surface area contributed by atoms with E-state index in [0.29, 0.717) is 10.6 Å². The molecular weight excluding hydrogens is 232 g/mol. The van der Waals surface area contributed by atoms with Crippen LogP contribution in [0, 0.1) is 5.92 Å². The van der Waals surface area contributed by atoms with Crippen LogP contribution in [-0.4, -0.2) is 17.0 Å². The first-order chi connectivity index (χ1) is 7.58. The van der Waals surface area contributed by atoms with Crippen LogP contribution in [0.4, 0.5) is 0 Å². The van der Waals surface area contributed by atoms with Crippen molar-refractivity contribution in [3.8, 4) is 0 Å². The number of benzene rings is 1. The highest BCUT2D eigenvalue weighted by atomic mass is 35.5. The van der Waals surface area contributed by atoms with Gasteiger partial charge in [-0.25, -0.2) is 0 Å². The van der Waals surface area contributed by atoms with Crippen LogP contribution < -0.4 is 0 Å². The van der Waals surface area contributed by atoms with E-state index in [9.17, 15) is 9.59 Å². The Morgan fingerprint density at radius 3 is 2.56 bits per heavy atom. The van der Waals surface area contributed by atoms with Crippen molar-refractivity contribution in [1.82, 2.24) is 0 Å². The van der Waals surface area contributed by atoms with E-state index in [-0.39, 0.29) is 6.42 Å². The number of cyclic esters (lactones) is 1. The molecule has 0 amide bonds. The summed E-state index contributed by atoms with van der Waals surface area (Å²) < 4.78 is 5.00. The third kappa shape index (κ3) is 2.02. The highest BCUT2D eigenvalue weighted by molar-refractivity contribution is 6.30. The SMILES string of the molecule is O=C1C[C@H](C(=O)O)[C@@H](c2ccc(Cl)cc2)O1. The lowest BCUT2D eigenvalue weighted by Gasteiger charge is -2.14. The number of ether oxygens (including phenoxy) is 1. The molecule has 4 nitrogen and oxygen atoms in total. The molecule has 0 saturated carbocycles. The zero-order chi connectivity index (χ0) is 11.7. The van der Waals surface area contributed by atoms with Crippen molar-refractivity contribution < 1.29 is 19.4 Å². The van der Waals surface area contributed by atoms with Crippen LogP contribution in [-0.2, 0) is 14.3 Å². The Kier molecular flexibility index (Phi) is 2.83. The van der Waals surface area contributed by atoms with Gasteiger partial charge in [-0.1, -0.05) is 23.7 Å². The van der Waals surface area contributed by atoms with E-state index in [1.807, 2.05) is 0 Å². The summed E-state index contributed by atoms with van der Waals surface area (Å²) in [6, 6.07) is 6.62. The number of hydrogen-bond acceptors (Lipinski definition) is 3. The number of carboxylic acids is 1. The minimum absolute atomic E-state index is 0.0807. The molecule has 0 spiro atoms. The Morgan fingerprint density at radius 1 is 1.38 bits per heavy atom. The number of carbonyl (C=O) groups is 2. The fourth-order valence-electron chi connectivity index (χ4n) is 1.73. The first kappa shape index (κ1) is 11.0. The maximum absolute atomic E-state index is 11.1. The number of carbonyl (C=O) groups excluding carboxylic acids is 1. The predicted octanol–water partition coefficient (Wildman–Crippen LogP) is 2.03. The van der Waals surface area contributed by atoms with E-state index in [1.165, 1.54) is 0 Å². The Labute approximate surface area is 96.8 Å². The second-order valence-corrected chi connectivity index (χ2v) is 4.05. The van der Waals surface area contributed by atoms with Crippen molar-refractivity contribution in [3.63, 3.8) is 0 Å². The minimum atomic E-state index is -1.02. The molecular formula is C11H9ClO4. The molecule has 0 aliphatic carbocycles. The normalized spacial score (nSPS) is 24.2. The molecule has 1 aliphatic rings. The van der Waals surface area contributed by atoms with E-state index >= 15 is 0 Å². The second kappa shape index (κ2) is 4.14. The van der Waals surface area contributed by atoms with Gasteiger partial charge in [0.25, 0.3) is 0 Å². The molecule has 2 rings (SSSR count). The van der Waals surface area contributed by atoms with Crippen molar-refractivity contribution >= 4 is 23.5 Å². The summed E-state index contributed by atoms with van der Waals surface area (Å²) in [5.74, 6) is -2.31. The number of aliphatic carboxylic acids is 1. The molecule has 1 aromatic rings. The number of carboxylic acid groups (broad SMARTS) is 1. The summed E-state index contributed by atoms with van der Waals surface area (Å²) in [6.07, 6.45) is -0.787. The molecule has 1 heterocycles. The molecule has 1 aromatic carbocycles. The Morgan fingerprint density at radius 2 is 2.00 bits per heavy atom. The molecule has 0 unspecified atom stereocenters. The second-order valence-electron chi connectivity index (χ2n) is 3.61. The first-order valence-electron chi connectivity index (χ1n) is 4.75. The summed E-state index contributed by atoms with van der Waals surface area (Å²) in [5, 5.41) is 9.51. The smallest absolute Gasteiger partial charge is 0.311 e. The quantitative estimate of drug-likeness (QED) is 0.804. The minimum Gasteiger partial charge on any atom is -0.481 e. The van der Waals surface area contributed by atoms with Gasteiger partial charge >= 0.3 is 11.9 Å². The van der Waals surface area contributed by atoms with Crippen LogP contribution in [0.25, 0.3) is 0 Å². The van der Waals surface area contributed by atoms with Crippen molar-refractivity contribution in [2.45, 2.75) is 12.5 Å². The topological polar surface area (TPSA) is 63.6 Å². The van der Waals surface area contributed by atoms with Gasteiger partial charge in [0.2, 0.25) is 0 Å². The van der Waals surface area contributed by atoms with E-state index < -0.39 is 24.0 Å². The molecule has 1 aliphatic heterocycles. The number of hydrogen-bond donors (Lipinski definition) is 1. The zero-order valence-corrected chi connectivity index (χ0v) is 8.98. The fourth-order valence-corrected chi connectivity index (χ4v) is 1.85. The average molecular weight is 241 g/mol. The van der Waals surface area contributed by atoms with Gasteiger partial charge in [-0.05, 0) is 17.7 Å². The highest BCUT2D eigenvalue weighted by Gasteiger charge is 2.40. The third-order valence-corrected chi connectivity index (χ3v) is 2.78. The fraction of sp³-hybridized carbons (Fsp3) is 0.273. The third-order valence-electron chi connectivity index (χ3n) is 2.53. The zero-order valence-electron chi connectivity index (χ0n) is 8.22. The van der Waals surface area contributed by atoms with Gasteiger partial charge in [0.15, 0.2) is 0 Å². The number of rotatable bonds is 2. The maximum Gasteiger partial charge on any atom is 0.311 e.